The third-order valence-corrected chi connectivity index (χ3v) is 4.70. The molecule has 0 aromatic heterocycles. The largest absolute Gasteiger partial charge is 0.465 e. The van der Waals surface area contributed by atoms with E-state index in [9.17, 15) is 9.59 Å². The zero-order chi connectivity index (χ0) is 16.8. The third kappa shape index (κ3) is 2.57. The number of hydrogen-bond acceptors (Lipinski definition) is 4. The first-order valence-corrected chi connectivity index (χ1v) is 7.88. The highest BCUT2D eigenvalue weighted by Gasteiger charge is 2.51. The molecule has 1 atom stereocenters. The molecular weight excluding hydrogens is 294 g/mol. The van der Waals surface area contributed by atoms with E-state index >= 15 is 0 Å². The summed E-state index contributed by atoms with van der Waals surface area (Å²) in [5, 5.41) is 0. The fourth-order valence-corrected chi connectivity index (χ4v) is 3.12. The fraction of sp³-hybridized carbons (Fsp3) is 0.529. The molecule has 1 aromatic rings. The van der Waals surface area contributed by atoms with Crippen LogP contribution in [-0.2, 0) is 9.59 Å². The molecule has 0 N–H and O–H groups in total. The van der Waals surface area contributed by atoms with Gasteiger partial charge in [0.15, 0.2) is 0 Å². The lowest BCUT2D eigenvalue weighted by Crippen LogP contribution is -2.64. The van der Waals surface area contributed by atoms with E-state index in [1.807, 2.05) is 32.2 Å². The van der Waals surface area contributed by atoms with E-state index in [1.165, 1.54) is 4.90 Å². The molecule has 3 rings (SSSR count). The van der Waals surface area contributed by atoms with Crippen LogP contribution in [0.5, 0.6) is 5.75 Å². The van der Waals surface area contributed by atoms with Crippen LogP contribution < -0.4 is 9.64 Å². The van der Waals surface area contributed by atoms with Gasteiger partial charge in [-0.1, -0.05) is 6.07 Å². The number of piperazine rings is 1. The summed E-state index contributed by atoms with van der Waals surface area (Å²) in [6.45, 7) is 6.39. The normalized spacial score (nSPS) is 25.1. The van der Waals surface area contributed by atoms with E-state index in [0.717, 1.165) is 18.7 Å². The number of amides is 2. The standard InChI is InChI=1S/C17H23N3O3/c1-12-5-6-14-13(11-12)19(4)15(21)17(2,23-14)16(22)20-9-7-18(3)8-10-20/h5-6,11H,7-10H2,1-4H3. The molecule has 0 radical (unpaired) electrons. The van der Waals surface area contributed by atoms with Crippen LogP contribution in [0, 0.1) is 6.92 Å². The van der Waals surface area contributed by atoms with Crippen LogP contribution in [0.25, 0.3) is 0 Å². The van der Waals surface area contributed by atoms with E-state index in [-0.39, 0.29) is 11.8 Å². The van der Waals surface area contributed by atoms with E-state index < -0.39 is 5.60 Å². The van der Waals surface area contributed by atoms with E-state index in [2.05, 4.69) is 4.90 Å². The second kappa shape index (κ2) is 5.53. The Balaban J connectivity index is 1.91. The van der Waals surface area contributed by atoms with Crippen molar-refractivity contribution in [3.63, 3.8) is 0 Å². The molecule has 0 saturated carbocycles. The van der Waals surface area contributed by atoms with Crippen LogP contribution in [0.1, 0.15) is 12.5 Å². The topological polar surface area (TPSA) is 53.1 Å². The average molecular weight is 317 g/mol. The smallest absolute Gasteiger partial charge is 0.280 e. The van der Waals surface area contributed by atoms with Gasteiger partial charge in [0, 0.05) is 33.2 Å². The number of carbonyl (C=O) groups excluding carboxylic acids is 2. The predicted octanol–water partition coefficient (Wildman–Crippen LogP) is 0.883. The van der Waals surface area contributed by atoms with Crippen molar-refractivity contribution in [2.45, 2.75) is 19.4 Å². The van der Waals surface area contributed by atoms with Gasteiger partial charge in [-0.3, -0.25) is 9.59 Å². The molecule has 2 amide bonds. The lowest BCUT2D eigenvalue weighted by atomic mass is 9.98. The number of aryl methyl sites for hydroxylation is 1. The maximum atomic E-state index is 12.9. The van der Waals surface area contributed by atoms with Gasteiger partial charge in [-0.15, -0.1) is 0 Å². The van der Waals surface area contributed by atoms with Crippen molar-refractivity contribution in [3.05, 3.63) is 23.8 Å². The van der Waals surface area contributed by atoms with Crippen molar-refractivity contribution in [3.8, 4) is 5.75 Å². The highest BCUT2D eigenvalue weighted by Crippen LogP contribution is 2.38. The number of anilines is 1. The number of carbonyl (C=O) groups is 2. The first kappa shape index (κ1) is 15.8. The van der Waals surface area contributed by atoms with Crippen molar-refractivity contribution in [2.75, 3.05) is 45.2 Å². The summed E-state index contributed by atoms with van der Waals surface area (Å²) < 4.78 is 5.90. The van der Waals surface area contributed by atoms with Gasteiger partial charge >= 0.3 is 0 Å². The Kier molecular flexibility index (Phi) is 3.80. The minimum atomic E-state index is -1.49. The number of likely N-dealkylation sites (N-methyl/N-ethyl adjacent to an activating group) is 2. The van der Waals surface area contributed by atoms with Gasteiger partial charge in [-0.25, -0.2) is 0 Å². The van der Waals surface area contributed by atoms with Crippen molar-refractivity contribution in [1.82, 2.24) is 9.80 Å². The molecule has 2 heterocycles. The SMILES string of the molecule is Cc1ccc2c(c1)N(C)C(=O)C(C)(C(=O)N1CCN(C)CC1)O2. The Morgan fingerprint density at radius 3 is 2.48 bits per heavy atom. The summed E-state index contributed by atoms with van der Waals surface area (Å²) >= 11 is 0. The number of rotatable bonds is 1. The highest BCUT2D eigenvalue weighted by molar-refractivity contribution is 6.16. The van der Waals surface area contributed by atoms with Crippen LogP contribution >= 0.6 is 0 Å². The third-order valence-electron chi connectivity index (χ3n) is 4.70. The zero-order valence-corrected chi connectivity index (χ0v) is 14.1. The monoisotopic (exact) mass is 317 g/mol. The summed E-state index contributed by atoms with van der Waals surface area (Å²) in [7, 11) is 3.72. The van der Waals surface area contributed by atoms with Crippen LogP contribution in [0.3, 0.4) is 0 Å². The van der Waals surface area contributed by atoms with Gasteiger partial charge in [-0.05, 0) is 38.6 Å². The number of ether oxygens (including phenoxy) is 1. The molecule has 0 spiro atoms. The van der Waals surface area contributed by atoms with Crippen LogP contribution in [0.15, 0.2) is 18.2 Å². The summed E-state index contributed by atoms with van der Waals surface area (Å²) in [5.41, 5.74) is 0.257. The zero-order valence-electron chi connectivity index (χ0n) is 14.1. The van der Waals surface area contributed by atoms with Crippen molar-refractivity contribution >= 4 is 17.5 Å². The maximum Gasteiger partial charge on any atom is 0.280 e. The molecule has 1 aromatic carbocycles. The Labute approximate surface area is 136 Å². The Bertz CT molecular complexity index is 652. The molecule has 6 nitrogen and oxygen atoms in total. The molecule has 124 valence electrons. The van der Waals surface area contributed by atoms with Crippen LogP contribution in [-0.4, -0.2) is 67.5 Å². The molecule has 6 heteroatoms. The predicted molar refractivity (Wildman–Crippen MR) is 87.7 cm³/mol. The first-order valence-electron chi connectivity index (χ1n) is 7.88. The quantitative estimate of drug-likeness (QED) is 0.722. The average Bonchev–Trinajstić information content (AvgIpc) is 2.54. The molecule has 1 fully saturated rings. The van der Waals surface area contributed by atoms with Crippen molar-refractivity contribution in [1.29, 1.82) is 0 Å². The summed E-state index contributed by atoms with van der Waals surface area (Å²) in [6.07, 6.45) is 0. The first-order chi connectivity index (χ1) is 10.8. The lowest BCUT2D eigenvalue weighted by Gasteiger charge is -2.42. The van der Waals surface area contributed by atoms with Gasteiger partial charge in [0.1, 0.15) is 5.75 Å². The number of nitrogens with zero attached hydrogens (tertiary/aromatic N) is 3. The molecule has 0 bridgehead atoms. The van der Waals surface area contributed by atoms with E-state index in [4.69, 9.17) is 4.74 Å². The number of hydrogen-bond donors (Lipinski definition) is 0. The maximum absolute atomic E-state index is 12.9. The van der Waals surface area contributed by atoms with E-state index in [0.29, 0.717) is 24.5 Å². The molecule has 1 saturated heterocycles. The summed E-state index contributed by atoms with van der Waals surface area (Å²) in [6, 6.07) is 5.64. The van der Waals surface area contributed by atoms with Crippen LogP contribution in [0.4, 0.5) is 5.69 Å². The lowest BCUT2D eigenvalue weighted by molar-refractivity contribution is -0.157. The minimum absolute atomic E-state index is 0.256. The van der Waals surface area contributed by atoms with Gasteiger partial charge in [-0.2, -0.15) is 0 Å². The minimum Gasteiger partial charge on any atom is -0.465 e. The molecule has 0 aliphatic carbocycles. The Morgan fingerprint density at radius 1 is 1.17 bits per heavy atom. The highest BCUT2D eigenvalue weighted by atomic mass is 16.5. The van der Waals surface area contributed by atoms with Gasteiger partial charge < -0.3 is 19.4 Å². The van der Waals surface area contributed by atoms with Gasteiger partial charge in [0.2, 0.25) is 0 Å². The van der Waals surface area contributed by atoms with Gasteiger partial charge in [0.05, 0.1) is 5.69 Å². The van der Waals surface area contributed by atoms with Crippen LogP contribution in [0.2, 0.25) is 0 Å². The van der Waals surface area contributed by atoms with Crippen molar-refractivity contribution in [2.24, 2.45) is 0 Å². The molecule has 23 heavy (non-hydrogen) atoms. The number of fused-ring (bicyclic) bond motifs is 1. The Morgan fingerprint density at radius 2 is 1.83 bits per heavy atom. The molecule has 2 aliphatic rings. The second-order valence-electron chi connectivity index (χ2n) is 6.57. The van der Waals surface area contributed by atoms with Crippen molar-refractivity contribution < 1.29 is 14.3 Å². The molecule has 2 aliphatic heterocycles. The molecular formula is C17H23N3O3. The summed E-state index contributed by atoms with van der Waals surface area (Å²) in [4.78, 5) is 31.2. The van der Waals surface area contributed by atoms with E-state index in [1.54, 1.807) is 18.9 Å². The molecule has 1 unspecified atom stereocenters. The number of benzene rings is 1. The Hall–Kier alpha value is -2.08. The van der Waals surface area contributed by atoms with Gasteiger partial charge in [0.25, 0.3) is 17.4 Å². The fourth-order valence-electron chi connectivity index (χ4n) is 3.12. The second-order valence-corrected chi connectivity index (χ2v) is 6.57. The summed E-state index contributed by atoms with van der Waals surface area (Å²) in [5.74, 6) is -0.00381.